The lowest BCUT2D eigenvalue weighted by atomic mass is 9.96. The van der Waals surface area contributed by atoms with Gasteiger partial charge in [-0.2, -0.15) is 0 Å². The Hall–Kier alpha value is -1.32. The van der Waals surface area contributed by atoms with Crippen molar-refractivity contribution in [3.8, 4) is 0 Å². The molecule has 0 unspecified atom stereocenters. The summed E-state index contributed by atoms with van der Waals surface area (Å²) in [7, 11) is -7.62. The van der Waals surface area contributed by atoms with Crippen LogP contribution in [0.25, 0.3) is 0 Å². The smallest absolute Gasteiger partial charge is 0.263 e. The van der Waals surface area contributed by atoms with E-state index in [4.69, 9.17) is 23.2 Å². The summed E-state index contributed by atoms with van der Waals surface area (Å²) in [5.74, 6) is 0. The third-order valence-corrected chi connectivity index (χ3v) is 8.16. The zero-order valence-corrected chi connectivity index (χ0v) is 18.0. The van der Waals surface area contributed by atoms with E-state index in [1.165, 1.54) is 42.5 Å². The Morgan fingerprint density at radius 2 is 1.46 bits per heavy atom. The predicted octanol–water partition coefficient (Wildman–Crippen LogP) is 4.41. The third-order valence-electron chi connectivity index (χ3n) is 4.53. The lowest BCUT2D eigenvalue weighted by Crippen LogP contribution is -2.36. The number of benzene rings is 2. The van der Waals surface area contributed by atoms with E-state index in [0.29, 0.717) is 0 Å². The van der Waals surface area contributed by atoms with Crippen molar-refractivity contribution < 1.29 is 16.8 Å². The Bertz CT molecular complexity index is 1050. The van der Waals surface area contributed by atoms with E-state index in [-0.39, 0.29) is 31.6 Å². The summed E-state index contributed by atoms with van der Waals surface area (Å²) < 4.78 is 55.2. The zero-order valence-electron chi connectivity index (χ0n) is 14.9. The van der Waals surface area contributed by atoms with Crippen LogP contribution in [0.15, 0.2) is 52.3 Å². The quantitative estimate of drug-likeness (QED) is 0.664. The normalized spacial score (nSPS) is 16.1. The molecule has 6 nitrogen and oxygen atoms in total. The highest BCUT2D eigenvalue weighted by Gasteiger charge is 2.23. The predicted molar refractivity (Wildman–Crippen MR) is 111 cm³/mol. The molecule has 10 heteroatoms. The molecule has 0 saturated heterocycles. The standard InChI is InChI=1S/C18H20Cl2N2O4S2/c19-13-6-11-17(20)18(12-13)28(25,26)22-15-7-9-16(10-8-15)27(23,24)21-14-4-2-1-3-5-14/h6-12,14,21-22H,1-5H2. The van der Waals surface area contributed by atoms with E-state index in [1.807, 2.05) is 0 Å². The van der Waals surface area contributed by atoms with E-state index in [0.717, 1.165) is 32.1 Å². The van der Waals surface area contributed by atoms with Gasteiger partial charge in [0.2, 0.25) is 10.0 Å². The lowest BCUT2D eigenvalue weighted by molar-refractivity contribution is 0.412. The molecule has 28 heavy (non-hydrogen) atoms. The summed E-state index contributed by atoms with van der Waals surface area (Å²) in [6, 6.07) is 9.59. The van der Waals surface area contributed by atoms with E-state index >= 15 is 0 Å². The van der Waals surface area contributed by atoms with Gasteiger partial charge in [0.25, 0.3) is 10.0 Å². The van der Waals surface area contributed by atoms with Crippen molar-refractivity contribution >= 4 is 48.9 Å². The minimum Gasteiger partial charge on any atom is -0.280 e. The van der Waals surface area contributed by atoms with Gasteiger partial charge < -0.3 is 0 Å². The second kappa shape index (κ2) is 8.59. The number of halogens is 2. The highest BCUT2D eigenvalue weighted by molar-refractivity contribution is 7.92. The molecule has 1 aliphatic carbocycles. The van der Waals surface area contributed by atoms with E-state index < -0.39 is 20.0 Å². The lowest BCUT2D eigenvalue weighted by Gasteiger charge is -2.22. The number of rotatable bonds is 6. The maximum atomic E-state index is 12.5. The van der Waals surface area contributed by atoms with Crippen LogP contribution in [0, 0.1) is 0 Å². The van der Waals surface area contributed by atoms with Gasteiger partial charge in [0.15, 0.2) is 0 Å². The Morgan fingerprint density at radius 1 is 0.821 bits per heavy atom. The van der Waals surface area contributed by atoms with Gasteiger partial charge in [-0.3, -0.25) is 4.72 Å². The van der Waals surface area contributed by atoms with Crippen LogP contribution in [0.1, 0.15) is 32.1 Å². The molecule has 0 aromatic heterocycles. The molecule has 1 fully saturated rings. The average molecular weight is 463 g/mol. The van der Waals surface area contributed by atoms with E-state index in [1.54, 1.807) is 0 Å². The molecule has 1 saturated carbocycles. The molecule has 3 rings (SSSR count). The van der Waals surface area contributed by atoms with Crippen LogP contribution < -0.4 is 9.44 Å². The summed E-state index contributed by atoms with van der Waals surface area (Å²) in [6.45, 7) is 0. The Kier molecular flexibility index (Phi) is 6.56. The SMILES string of the molecule is O=S(=O)(NC1CCCCC1)c1ccc(NS(=O)(=O)c2cc(Cl)ccc2Cl)cc1. The van der Waals surface area contributed by atoms with Gasteiger partial charge in [-0.25, -0.2) is 21.6 Å². The van der Waals surface area contributed by atoms with Gasteiger partial charge in [-0.15, -0.1) is 0 Å². The monoisotopic (exact) mass is 462 g/mol. The molecule has 0 aliphatic heterocycles. The first-order chi connectivity index (χ1) is 13.2. The van der Waals surface area contributed by atoms with Gasteiger partial charge in [-0.05, 0) is 55.3 Å². The molecular weight excluding hydrogens is 443 g/mol. The topological polar surface area (TPSA) is 92.3 Å². The van der Waals surface area contributed by atoms with E-state index in [9.17, 15) is 16.8 Å². The van der Waals surface area contributed by atoms with Crippen LogP contribution in [0.4, 0.5) is 5.69 Å². The molecule has 2 N–H and O–H groups in total. The number of hydrogen-bond acceptors (Lipinski definition) is 4. The molecule has 0 atom stereocenters. The van der Waals surface area contributed by atoms with Crippen molar-refractivity contribution in [2.45, 2.75) is 47.9 Å². The second-order valence-electron chi connectivity index (χ2n) is 6.66. The number of hydrogen-bond donors (Lipinski definition) is 2. The van der Waals surface area contributed by atoms with Crippen LogP contribution in [0.5, 0.6) is 0 Å². The Labute approximate surface area is 175 Å². The number of sulfonamides is 2. The minimum atomic E-state index is -3.97. The average Bonchev–Trinajstić information content (AvgIpc) is 2.64. The summed E-state index contributed by atoms with van der Waals surface area (Å²) in [4.78, 5) is -0.0702. The first kappa shape index (κ1) is 21.4. The Morgan fingerprint density at radius 3 is 2.11 bits per heavy atom. The van der Waals surface area contributed by atoms with Gasteiger partial charge in [0, 0.05) is 16.8 Å². The number of nitrogens with one attached hydrogen (secondary N) is 2. The van der Waals surface area contributed by atoms with E-state index in [2.05, 4.69) is 9.44 Å². The molecular formula is C18H20Cl2N2O4S2. The Balaban J connectivity index is 1.76. The first-order valence-corrected chi connectivity index (χ1v) is 12.5. The van der Waals surface area contributed by atoms with Crippen LogP contribution in [0.3, 0.4) is 0 Å². The van der Waals surface area contributed by atoms with Crippen molar-refractivity contribution in [3.63, 3.8) is 0 Å². The van der Waals surface area contributed by atoms with Crippen LogP contribution in [-0.4, -0.2) is 22.9 Å². The zero-order chi connectivity index (χ0) is 20.4. The molecule has 0 bridgehead atoms. The van der Waals surface area contributed by atoms with Crippen molar-refractivity contribution in [2.75, 3.05) is 4.72 Å². The van der Waals surface area contributed by atoms with Gasteiger partial charge >= 0.3 is 0 Å². The largest absolute Gasteiger partial charge is 0.280 e. The van der Waals surface area contributed by atoms with Crippen molar-refractivity contribution in [3.05, 3.63) is 52.5 Å². The molecule has 0 heterocycles. The van der Waals surface area contributed by atoms with Crippen molar-refractivity contribution in [1.29, 1.82) is 0 Å². The molecule has 0 spiro atoms. The molecule has 0 radical (unpaired) electrons. The van der Waals surface area contributed by atoms with Crippen molar-refractivity contribution in [1.82, 2.24) is 4.72 Å². The fourth-order valence-corrected chi connectivity index (χ4v) is 6.23. The first-order valence-electron chi connectivity index (χ1n) is 8.78. The fourth-order valence-electron chi connectivity index (χ4n) is 3.10. The molecule has 2 aromatic carbocycles. The summed E-state index contributed by atoms with van der Waals surface area (Å²) in [6.07, 6.45) is 4.82. The third kappa shape index (κ3) is 5.18. The van der Waals surface area contributed by atoms with Gasteiger partial charge in [-0.1, -0.05) is 42.5 Å². The van der Waals surface area contributed by atoms with Gasteiger partial charge in [0.05, 0.1) is 9.92 Å². The highest BCUT2D eigenvalue weighted by Crippen LogP contribution is 2.27. The molecule has 1 aliphatic rings. The van der Waals surface area contributed by atoms with Gasteiger partial charge in [0.1, 0.15) is 4.90 Å². The molecule has 0 amide bonds. The van der Waals surface area contributed by atoms with Crippen LogP contribution in [-0.2, 0) is 20.0 Å². The second-order valence-corrected chi connectivity index (χ2v) is 10.9. The molecule has 2 aromatic rings. The maximum Gasteiger partial charge on any atom is 0.263 e. The summed E-state index contributed by atoms with van der Waals surface area (Å²) >= 11 is 11.8. The van der Waals surface area contributed by atoms with Crippen LogP contribution in [0.2, 0.25) is 10.0 Å². The van der Waals surface area contributed by atoms with Crippen LogP contribution >= 0.6 is 23.2 Å². The summed E-state index contributed by atoms with van der Waals surface area (Å²) in [5, 5.41) is 0.271. The summed E-state index contributed by atoms with van der Waals surface area (Å²) in [5.41, 5.74) is 0.215. The number of anilines is 1. The molecule has 152 valence electrons. The van der Waals surface area contributed by atoms with Crippen molar-refractivity contribution in [2.24, 2.45) is 0 Å². The fraction of sp³-hybridized carbons (Fsp3) is 0.333. The highest BCUT2D eigenvalue weighted by atomic mass is 35.5. The maximum absolute atomic E-state index is 12.5. The minimum absolute atomic E-state index is 0.0350.